The molecule has 1 atom stereocenters. The van der Waals surface area contributed by atoms with Gasteiger partial charge in [-0.1, -0.05) is 30.3 Å². The van der Waals surface area contributed by atoms with Crippen molar-refractivity contribution in [2.24, 2.45) is 0 Å². The highest BCUT2D eigenvalue weighted by atomic mass is 35.5. The van der Waals surface area contributed by atoms with Crippen molar-refractivity contribution < 1.29 is 0 Å². The van der Waals surface area contributed by atoms with Crippen LogP contribution in [-0.2, 0) is 0 Å². The molecule has 0 saturated carbocycles. The smallest absolute Gasteiger partial charge is 0.0320 e. The van der Waals surface area contributed by atoms with Gasteiger partial charge < -0.3 is 5.32 Å². The maximum absolute atomic E-state index is 3.38. The maximum atomic E-state index is 3.38. The standard InChI is InChI=1S/C12H18N2.2ClH/c1-11(12-5-3-2-4-6-12)14-9-7-13-8-10-14;;/h2-6,11,13H,7-10H2,1H3;2*1H. The fourth-order valence-electron chi connectivity index (χ4n) is 2.01. The van der Waals surface area contributed by atoms with Crippen LogP contribution in [0.25, 0.3) is 0 Å². The van der Waals surface area contributed by atoms with E-state index in [1.54, 1.807) is 0 Å². The van der Waals surface area contributed by atoms with Gasteiger partial charge in [-0.3, -0.25) is 4.90 Å². The summed E-state index contributed by atoms with van der Waals surface area (Å²) in [7, 11) is 0. The Morgan fingerprint density at radius 1 is 1.06 bits per heavy atom. The first-order valence-corrected chi connectivity index (χ1v) is 5.37. The van der Waals surface area contributed by atoms with Gasteiger partial charge in [0.1, 0.15) is 0 Å². The summed E-state index contributed by atoms with van der Waals surface area (Å²) in [5.74, 6) is 0. The van der Waals surface area contributed by atoms with Crippen LogP contribution < -0.4 is 5.32 Å². The van der Waals surface area contributed by atoms with E-state index in [9.17, 15) is 0 Å². The SMILES string of the molecule is CC(c1ccccc1)N1CCNCC1.Cl.Cl. The molecule has 92 valence electrons. The number of benzene rings is 1. The third kappa shape index (κ3) is 3.95. The van der Waals surface area contributed by atoms with E-state index in [1.165, 1.54) is 5.56 Å². The monoisotopic (exact) mass is 262 g/mol. The van der Waals surface area contributed by atoms with Gasteiger partial charge in [0.15, 0.2) is 0 Å². The lowest BCUT2D eigenvalue weighted by Crippen LogP contribution is -2.44. The molecule has 1 unspecified atom stereocenters. The van der Waals surface area contributed by atoms with Gasteiger partial charge >= 0.3 is 0 Å². The van der Waals surface area contributed by atoms with E-state index in [1.807, 2.05) is 0 Å². The highest BCUT2D eigenvalue weighted by molar-refractivity contribution is 5.85. The first-order chi connectivity index (χ1) is 6.88. The quantitative estimate of drug-likeness (QED) is 0.882. The Bertz CT molecular complexity index is 274. The van der Waals surface area contributed by atoms with Crippen molar-refractivity contribution in [3.8, 4) is 0 Å². The number of hydrogen-bond donors (Lipinski definition) is 1. The van der Waals surface area contributed by atoms with Gasteiger partial charge in [0, 0.05) is 32.2 Å². The van der Waals surface area contributed by atoms with Crippen LogP contribution in [0.1, 0.15) is 18.5 Å². The molecule has 4 heteroatoms. The first kappa shape index (κ1) is 15.7. The van der Waals surface area contributed by atoms with Gasteiger partial charge in [-0.2, -0.15) is 0 Å². The minimum atomic E-state index is 0. The normalized spacial score (nSPS) is 18.1. The Morgan fingerprint density at radius 3 is 2.19 bits per heavy atom. The third-order valence-corrected chi connectivity index (χ3v) is 2.98. The molecule has 2 rings (SSSR count). The maximum Gasteiger partial charge on any atom is 0.0320 e. The van der Waals surface area contributed by atoms with Crippen molar-refractivity contribution in [3.63, 3.8) is 0 Å². The average molecular weight is 263 g/mol. The lowest BCUT2D eigenvalue weighted by Gasteiger charge is -2.33. The topological polar surface area (TPSA) is 15.3 Å². The summed E-state index contributed by atoms with van der Waals surface area (Å²) >= 11 is 0. The van der Waals surface area contributed by atoms with Crippen LogP contribution >= 0.6 is 24.8 Å². The van der Waals surface area contributed by atoms with Crippen LogP contribution in [0.15, 0.2) is 30.3 Å². The van der Waals surface area contributed by atoms with E-state index in [2.05, 4.69) is 47.5 Å². The van der Waals surface area contributed by atoms with Gasteiger partial charge in [-0.15, -0.1) is 24.8 Å². The summed E-state index contributed by atoms with van der Waals surface area (Å²) in [6.45, 7) is 6.86. The van der Waals surface area contributed by atoms with E-state index < -0.39 is 0 Å². The third-order valence-electron chi connectivity index (χ3n) is 2.98. The zero-order valence-electron chi connectivity index (χ0n) is 9.56. The van der Waals surface area contributed by atoms with Crippen molar-refractivity contribution in [2.45, 2.75) is 13.0 Å². The van der Waals surface area contributed by atoms with Crippen molar-refractivity contribution in [3.05, 3.63) is 35.9 Å². The Hall–Kier alpha value is -0.280. The summed E-state index contributed by atoms with van der Waals surface area (Å²) in [6, 6.07) is 11.3. The molecule has 1 aromatic rings. The van der Waals surface area contributed by atoms with Crippen molar-refractivity contribution in [1.82, 2.24) is 10.2 Å². The van der Waals surface area contributed by atoms with Crippen LogP contribution in [0.2, 0.25) is 0 Å². The molecule has 2 nitrogen and oxygen atoms in total. The number of rotatable bonds is 2. The Morgan fingerprint density at radius 2 is 1.62 bits per heavy atom. The van der Waals surface area contributed by atoms with Gasteiger partial charge in [0.2, 0.25) is 0 Å². The molecular formula is C12H20Cl2N2. The van der Waals surface area contributed by atoms with Crippen LogP contribution in [0, 0.1) is 0 Å². The Balaban J connectivity index is 0.00000112. The molecule has 1 N–H and O–H groups in total. The minimum Gasteiger partial charge on any atom is -0.314 e. The van der Waals surface area contributed by atoms with Crippen molar-refractivity contribution in [2.75, 3.05) is 26.2 Å². The second kappa shape index (κ2) is 7.91. The second-order valence-corrected chi connectivity index (χ2v) is 3.87. The molecule has 0 amide bonds. The average Bonchev–Trinajstić information content (AvgIpc) is 2.30. The summed E-state index contributed by atoms with van der Waals surface area (Å²) in [6.07, 6.45) is 0. The fraction of sp³-hybridized carbons (Fsp3) is 0.500. The van der Waals surface area contributed by atoms with Crippen LogP contribution in [0.5, 0.6) is 0 Å². The zero-order valence-corrected chi connectivity index (χ0v) is 11.2. The van der Waals surface area contributed by atoms with Gasteiger partial charge in [-0.25, -0.2) is 0 Å². The van der Waals surface area contributed by atoms with E-state index in [0.717, 1.165) is 26.2 Å². The van der Waals surface area contributed by atoms with E-state index in [0.29, 0.717) is 6.04 Å². The van der Waals surface area contributed by atoms with Crippen molar-refractivity contribution in [1.29, 1.82) is 0 Å². The van der Waals surface area contributed by atoms with E-state index >= 15 is 0 Å². The molecule has 0 aliphatic carbocycles. The molecule has 1 fully saturated rings. The predicted molar refractivity (Wildman–Crippen MR) is 73.8 cm³/mol. The highest BCUT2D eigenvalue weighted by Gasteiger charge is 2.16. The van der Waals surface area contributed by atoms with Gasteiger partial charge in [0.25, 0.3) is 0 Å². The number of piperazine rings is 1. The molecule has 1 aliphatic heterocycles. The first-order valence-electron chi connectivity index (χ1n) is 5.37. The van der Waals surface area contributed by atoms with Crippen LogP contribution in [-0.4, -0.2) is 31.1 Å². The number of halogens is 2. The molecule has 0 aromatic heterocycles. The molecule has 0 bridgehead atoms. The fourth-order valence-corrected chi connectivity index (χ4v) is 2.01. The molecule has 16 heavy (non-hydrogen) atoms. The lowest BCUT2D eigenvalue weighted by atomic mass is 10.1. The van der Waals surface area contributed by atoms with Gasteiger partial charge in [0.05, 0.1) is 0 Å². The van der Waals surface area contributed by atoms with Crippen LogP contribution in [0.4, 0.5) is 0 Å². The summed E-state index contributed by atoms with van der Waals surface area (Å²) < 4.78 is 0. The zero-order chi connectivity index (χ0) is 9.80. The highest BCUT2D eigenvalue weighted by Crippen LogP contribution is 2.19. The lowest BCUT2D eigenvalue weighted by molar-refractivity contribution is 0.185. The second-order valence-electron chi connectivity index (χ2n) is 3.87. The molecule has 1 saturated heterocycles. The van der Waals surface area contributed by atoms with Crippen LogP contribution in [0.3, 0.4) is 0 Å². The van der Waals surface area contributed by atoms with Crippen molar-refractivity contribution >= 4 is 24.8 Å². The molecule has 1 heterocycles. The molecule has 0 spiro atoms. The van der Waals surface area contributed by atoms with E-state index in [-0.39, 0.29) is 24.8 Å². The molecule has 1 aromatic carbocycles. The number of nitrogens with zero attached hydrogens (tertiary/aromatic N) is 1. The molecule has 0 radical (unpaired) electrons. The largest absolute Gasteiger partial charge is 0.314 e. The summed E-state index contributed by atoms with van der Waals surface area (Å²) in [5, 5.41) is 3.38. The summed E-state index contributed by atoms with van der Waals surface area (Å²) in [4.78, 5) is 2.53. The minimum absolute atomic E-state index is 0. The molecular weight excluding hydrogens is 243 g/mol. The predicted octanol–water partition coefficient (Wildman–Crippen LogP) is 2.50. The van der Waals surface area contributed by atoms with Gasteiger partial charge in [-0.05, 0) is 12.5 Å². The number of hydrogen-bond acceptors (Lipinski definition) is 2. The van der Waals surface area contributed by atoms with E-state index in [4.69, 9.17) is 0 Å². The Kier molecular flexibility index (Phi) is 7.77. The Labute approximate surface area is 110 Å². The number of nitrogens with one attached hydrogen (secondary N) is 1. The summed E-state index contributed by atoms with van der Waals surface area (Å²) in [5.41, 5.74) is 1.43. The molecule has 1 aliphatic rings.